The number of rotatable bonds is 29. The molecule has 0 N–H and O–H groups in total. The number of allylic oxidation sites excluding steroid dienone is 11. The van der Waals surface area contributed by atoms with Crippen molar-refractivity contribution in [3.63, 3.8) is 0 Å². The fraction of sp³-hybridized carbons (Fsp3) is 0.181. The first-order valence-corrected chi connectivity index (χ1v) is 38.9. The summed E-state index contributed by atoms with van der Waals surface area (Å²) in [6.07, 6.45) is 35.2. The highest BCUT2D eigenvalue weighted by Gasteiger charge is 2.21. The van der Waals surface area contributed by atoms with Crippen molar-refractivity contribution in [3.8, 4) is 89.0 Å². The Balaban J connectivity index is 0.000000173. The maximum absolute atomic E-state index is 14.9. The second kappa shape index (κ2) is 44.3. The van der Waals surface area contributed by atoms with Crippen LogP contribution in [-0.4, -0.2) is 0 Å². The lowest BCUT2D eigenvalue weighted by Gasteiger charge is -2.10. The zero-order chi connectivity index (χ0) is 80.4. The first-order chi connectivity index (χ1) is 55.0. The highest BCUT2D eigenvalue weighted by molar-refractivity contribution is 5.76. The average Bonchev–Trinajstić information content (AvgIpc) is 0.812. The molecule has 8 heteroatoms. The standard InChI is InChI=1S/C28H28F2.C27H26F2.C26H24F2.C24H22F2/c1-3-5-7-9-21-11-15-23(16-12-21)25-19-20-26(28(30)27(25)29)24-17-13-22(14-18-24)10-8-6-4-2;1-3-5-7-9-21-12-16-23(17-13-21)25-19-18-24(26(28)27(25)29)22-14-10-20(11-15-22)8-6-4-2;1-3-5-7-19-9-13-21(14-10-19)23-17-18-24(26(28)25(23)27)22-15-11-20(12-16-22)8-6-4-2;1-3-4-5-6-18-9-13-20(14-10-18)22-16-15-21(23(25)24(22)26)19-11-7-17(2)8-12-19/h3-6,11-20H,7-10H2,1-2H3;3-5,10-19H,2,6-9H2,1H3;3-4,9-18H,1-2,5-8H2;3-4,7-16H,5-6H2,1-2H3/b5-3+,6-4+;5-3+;;4-3+. The number of benzene rings is 12. The molecule has 0 fully saturated rings. The van der Waals surface area contributed by atoms with Crippen molar-refractivity contribution in [3.05, 3.63) is 420 Å². The molecule has 0 heterocycles. The van der Waals surface area contributed by atoms with E-state index in [0.29, 0.717) is 61.2 Å². The van der Waals surface area contributed by atoms with Gasteiger partial charge >= 0.3 is 0 Å². The summed E-state index contributed by atoms with van der Waals surface area (Å²) in [5.74, 6) is -6.44. The van der Waals surface area contributed by atoms with E-state index in [-0.39, 0.29) is 27.8 Å². The van der Waals surface area contributed by atoms with Crippen molar-refractivity contribution >= 4 is 0 Å². The summed E-state index contributed by atoms with van der Waals surface area (Å²) in [6.45, 7) is 21.1. The van der Waals surface area contributed by atoms with Gasteiger partial charge in [-0.25, -0.2) is 35.1 Å². The molecule has 0 spiro atoms. The molecule has 0 unspecified atom stereocenters. The highest BCUT2D eigenvalue weighted by atomic mass is 19.2. The normalized spacial score (nSPS) is 11.2. The highest BCUT2D eigenvalue weighted by Crippen LogP contribution is 2.37. The first-order valence-electron chi connectivity index (χ1n) is 38.9. The van der Waals surface area contributed by atoms with E-state index in [4.69, 9.17) is 0 Å². The number of aryl methyl sites for hydroxylation is 8. The Morgan fingerprint density at radius 3 is 0.460 bits per heavy atom. The molecule has 0 bridgehead atoms. The van der Waals surface area contributed by atoms with E-state index in [0.717, 1.165) is 112 Å². The third-order valence-corrected chi connectivity index (χ3v) is 19.8. The molecule has 113 heavy (non-hydrogen) atoms. The Hall–Kier alpha value is -11.7. The molecule has 0 amide bonds. The van der Waals surface area contributed by atoms with Crippen LogP contribution < -0.4 is 0 Å². The van der Waals surface area contributed by atoms with E-state index in [9.17, 15) is 35.1 Å². The molecule has 0 aliphatic heterocycles. The molecule has 0 nitrogen and oxygen atoms in total. The minimum Gasteiger partial charge on any atom is -0.203 e. The lowest BCUT2D eigenvalue weighted by Crippen LogP contribution is -1.95. The topological polar surface area (TPSA) is 0 Å². The fourth-order valence-electron chi connectivity index (χ4n) is 13.1. The van der Waals surface area contributed by atoms with E-state index in [1.54, 1.807) is 48.5 Å². The summed E-state index contributed by atoms with van der Waals surface area (Å²) in [4.78, 5) is 0. The third-order valence-electron chi connectivity index (χ3n) is 19.8. The fourth-order valence-corrected chi connectivity index (χ4v) is 13.1. The molecule has 0 atom stereocenters. The number of hydrogen-bond donors (Lipinski definition) is 0. The lowest BCUT2D eigenvalue weighted by molar-refractivity contribution is 0.514. The van der Waals surface area contributed by atoms with Gasteiger partial charge in [-0.15, -0.1) is 19.7 Å². The molecular formula is C105H100F8. The minimum absolute atomic E-state index is 0.277. The van der Waals surface area contributed by atoms with Gasteiger partial charge in [0.25, 0.3) is 0 Å². The van der Waals surface area contributed by atoms with Crippen LogP contribution >= 0.6 is 0 Å². The quantitative estimate of drug-likeness (QED) is 0.0324. The predicted molar refractivity (Wildman–Crippen MR) is 462 cm³/mol. The molecule has 12 aromatic rings. The van der Waals surface area contributed by atoms with Crippen molar-refractivity contribution in [1.82, 2.24) is 0 Å². The van der Waals surface area contributed by atoms with Gasteiger partial charge in [0, 0.05) is 44.5 Å². The maximum Gasteiger partial charge on any atom is 0.167 e. The monoisotopic (exact) mass is 1510 g/mol. The van der Waals surface area contributed by atoms with E-state index < -0.39 is 46.5 Å². The van der Waals surface area contributed by atoms with Gasteiger partial charge in [-0.3, -0.25) is 0 Å². The van der Waals surface area contributed by atoms with Crippen molar-refractivity contribution in [2.45, 2.75) is 125 Å². The predicted octanol–water partition coefficient (Wildman–Crippen LogP) is 30.9. The zero-order valence-corrected chi connectivity index (χ0v) is 65.5. The summed E-state index contributed by atoms with van der Waals surface area (Å²) in [5, 5.41) is 0. The van der Waals surface area contributed by atoms with Crippen LogP contribution in [0.3, 0.4) is 0 Å². The van der Waals surface area contributed by atoms with Gasteiger partial charge in [0.1, 0.15) is 0 Å². The smallest absolute Gasteiger partial charge is 0.167 e. The minimum atomic E-state index is -0.813. The second-order valence-corrected chi connectivity index (χ2v) is 27.8. The van der Waals surface area contributed by atoms with Crippen molar-refractivity contribution in [2.24, 2.45) is 0 Å². The van der Waals surface area contributed by atoms with Crippen LogP contribution in [0.2, 0.25) is 0 Å². The zero-order valence-electron chi connectivity index (χ0n) is 65.5. The van der Waals surface area contributed by atoms with Crippen LogP contribution in [0.5, 0.6) is 0 Å². The summed E-state index contributed by atoms with van der Waals surface area (Å²) in [5.41, 5.74) is 17.0. The van der Waals surface area contributed by atoms with Crippen LogP contribution in [0.1, 0.15) is 117 Å². The van der Waals surface area contributed by atoms with Crippen molar-refractivity contribution in [2.75, 3.05) is 0 Å². The molecule has 0 aliphatic carbocycles. The van der Waals surface area contributed by atoms with Crippen molar-refractivity contribution in [1.29, 1.82) is 0 Å². The van der Waals surface area contributed by atoms with Gasteiger partial charge in [0.05, 0.1) is 0 Å². The molecular weight excluding hydrogens is 1410 g/mol. The molecule has 0 saturated heterocycles. The Bertz CT molecular complexity index is 4990. The van der Waals surface area contributed by atoms with Gasteiger partial charge < -0.3 is 0 Å². The molecule has 576 valence electrons. The van der Waals surface area contributed by atoms with E-state index in [1.807, 2.05) is 271 Å². The summed E-state index contributed by atoms with van der Waals surface area (Å²) in [6, 6.07) is 74.1. The number of hydrogen-bond acceptors (Lipinski definition) is 0. The van der Waals surface area contributed by atoms with Crippen molar-refractivity contribution < 1.29 is 35.1 Å². The van der Waals surface area contributed by atoms with Gasteiger partial charge in [-0.2, -0.15) is 0 Å². The summed E-state index contributed by atoms with van der Waals surface area (Å²) >= 11 is 0. The average molecular weight is 1510 g/mol. The first kappa shape index (κ1) is 85.3. The molecule has 12 rings (SSSR count). The van der Waals surface area contributed by atoms with Crippen LogP contribution in [0.4, 0.5) is 35.1 Å². The van der Waals surface area contributed by atoms with Crippen LogP contribution in [0.25, 0.3) is 89.0 Å². The molecule has 0 saturated carbocycles. The van der Waals surface area contributed by atoms with Gasteiger partial charge in [0.15, 0.2) is 46.5 Å². The molecule has 0 aliphatic rings. The lowest BCUT2D eigenvalue weighted by atomic mass is 9.96. The van der Waals surface area contributed by atoms with E-state index >= 15 is 0 Å². The van der Waals surface area contributed by atoms with E-state index in [1.165, 1.54) is 22.3 Å². The second-order valence-electron chi connectivity index (χ2n) is 27.8. The molecule has 12 aromatic carbocycles. The Labute approximate surface area is 665 Å². The van der Waals surface area contributed by atoms with Gasteiger partial charge in [-0.05, 0) is 208 Å². The molecule has 0 aromatic heterocycles. The Morgan fingerprint density at radius 1 is 0.195 bits per heavy atom. The van der Waals surface area contributed by atoms with Gasteiger partial charge in [-0.1, -0.05) is 315 Å². The van der Waals surface area contributed by atoms with Crippen LogP contribution in [0, 0.1) is 53.5 Å². The molecule has 0 radical (unpaired) electrons. The Kier molecular flexibility index (Phi) is 33.5. The summed E-state index contributed by atoms with van der Waals surface area (Å²) < 4.78 is 118. The van der Waals surface area contributed by atoms with Crippen LogP contribution in [0.15, 0.2) is 329 Å². The summed E-state index contributed by atoms with van der Waals surface area (Å²) in [7, 11) is 0. The SMILES string of the molecule is C/C=C/CCc1ccc(-c2ccc(-c3ccc(C)cc3)c(F)c2F)cc1.C/C=C/CCc1ccc(-c2ccc(-c3ccc(CC/C=C/C)cc3)c(F)c2F)cc1.C=CCCc1ccc(-c2ccc(-c3ccc(CC/C=C/C)cc3)c(F)c2F)cc1.C=CCCc1ccc(-c2ccc(-c3ccc(CCC=C)cc3)c(F)c2F)cc1. The van der Waals surface area contributed by atoms with Gasteiger partial charge in [0.2, 0.25) is 0 Å². The largest absolute Gasteiger partial charge is 0.203 e. The number of halogens is 8. The maximum atomic E-state index is 14.9. The third kappa shape index (κ3) is 24.1. The Morgan fingerprint density at radius 2 is 0.327 bits per heavy atom. The van der Waals surface area contributed by atoms with E-state index in [2.05, 4.69) is 44.0 Å². The van der Waals surface area contributed by atoms with Crippen LogP contribution in [-0.2, 0) is 44.9 Å².